The van der Waals surface area contributed by atoms with Gasteiger partial charge >= 0.3 is 0 Å². The molecule has 0 saturated carbocycles. The minimum absolute atomic E-state index is 0.225. The molecule has 0 aliphatic rings. The molecule has 0 unspecified atom stereocenters. The third kappa shape index (κ3) is 2.17. The quantitative estimate of drug-likeness (QED) is 0.827. The van der Waals surface area contributed by atoms with Gasteiger partial charge in [0.2, 0.25) is 5.88 Å². The number of imidazole rings is 1. The molecule has 4 heteroatoms. The minimum atomic E-state index is 0.225. The summed E-state index contributed by atoms with van der Waals surface area (Å²) in [5.74, 6) is 0.225. The summed E-state index contributed by atoms with van der Waals surface area (Å²) in [5.41, 5.74) is 1.24. The number of nitrogens with zero attached hydrogens (tertiary/aromatic N) is 2. The van der Waals surface area contributed by atoms with Crippen LogP contribution in [0.15, 0.2) is 36.5 Å². The van der Waals surface area contributed by atoms with E-state index < -0.39 is 0 Å². The second-order valence-corrected chi connectivity index (χ2v) is 4.13. The average molecular weight is 234 g/mol. The molecule has 1 heterocycles. The fourth-order valence-corrected chi connectivity index (χ4v) is 1.92. The molecule has 0 bridgehead atoms. The molecule has 1 aromatic carbocycles. The molecule has 2 rings (SSSR count). The van der Waals surface area contributed by atoms with E-state index in [1.54, 1.807) is 15.3 Å². The van der Waals surface area contributed by atoms with Crippen molar-refractivity contribution in [2.24, 2.45) is 7.05 Å². The number of rotatable bonds is 3. The summed E-state index contributed by atoms with van der Waals surface area (Å²) in [7, 11) is 1.83. The van der Waals surface area contributed by atoms with Gasteiger partial charge in [0, 0.05) is 13.6 Å². The zero-order valence-corrected chi connectivity index (χ0v) is 9.94. The number of aromatic hydroxyl groups is 1. The lowest BCUT2D eigenvalue weighted by atomic mass is 10.1. The number of hydrogen-bond acceptors (Lipinski definition) is 2. The summed E-state index contributed by atoms with van der Waals surface area (Å²) in [5, 5.41) is 9.67. The second kappa shape index (κ2) is 4.53. The molecule has 0 aliphatic carbocycles. The smallest absolute Gasteiger partial charge is 0.210 e. The van der Waals surface area contributed by atoms with Crippen molar-refractivity contribution in [2.45, 2.75) is 13.0 Å². The van der Waals surface area contributed by atoms with Crippen LogP contribution in [0.5, 0.6) is 5.88 Å². The van der Waals surface area contributed by atoms with Crippen LogP contribution in [0.1, 0.15) is 5.56 Å². The number of aromatic nitrogens is 2. The maximum Gasteiger partial charge on any atom is 0.210 e. The van der Waals surface area contributed by atoms with E-state index in [0.717, 1.165) is 6.42 Å². The lowest BCUT2D eigenvalue weighted by Gasteiger charge is -2.04. The highest BCUT2D eigenvalue weighted by atomic mass is 32.1. The van der Waals surface area contributed by atoms with Gasteiger partial charge in [0.25, 0.3) is 0 Å². The van der Waals surface area contributed by atoms with Crippen molar-refractivity contribution in [3.05, 3.63) is 46.9 Å². The summed E-state index contributed by atoms with van der Waals surface area (Å²) in [6.07, 6.45) is 2.50. The predicted octanol–water partition coefficient (Wildman–Crippen LogP) is 2.50. The van der Waals surface area contributed by atoms with E-state index in [2.05, 4.69) is 12.1 Å². The number of aryl methyl sites for hydroxylation is 2. The minimum Gasteiger partial charge on any atom is -0.493 e. The molecule has 84 valence electrons. The van der Waals surface area contributed by atoms with E-state index >= 15 is 0 Å². The highest BCUT2D eigenvalue weighted by Gasteiger charge is 2.04. The first kappa shape index (κ1) is 11.0. The van der Waals surface area contributed by atoms with Gasteiger partial charge in [0.15, 0.2) is 4.77 Å². The van der Waals surface area contributed by atoms with Crippen molar-refractivity contribution < 1.29 is 5.11 Å². The van der Waals surface area contributed by atoms with E-state index in [0.29, 0.717) is 11.3 Å². The van der Waals surface area contributed by atoms with Gasteiger partial charge in [-0.05, 0) is 24.2 Å². The molecule has 0 atom stereocenters. The summed E-state index contributed by atoms with van der Waals surface area (Å²) >= 11 is 5.20. The first-order valence-electron chi connectivity index (χ1n) is 5.17. The fourth-order valence-electron chi connectivity index (χ4n) is 1.68. The standard InChI is InChI=1S/C12H14N2OS/c1-13-9-11(15)14(12(13)16)8-7-10-5-3-2-4-6-10/h2-6,9,15H,7-8H2,1H3. The molecule has 0 spiro atoms. The van der Waals surface area contributed by atoms with Crippen molar-refractivity contribution in [2.75, 3.05) is 0 Å². The molecular formula is C12H14N2OS. The van der Waals surface area contributed by atoms with Crippen LogP contribution >= 0.6 is 12.2 Å². The van der Waals surface area contributed by atoms with Crippen molar-refractivity contribution in [1.29, 1.82) is 0 Å². The Morgan fingerprint density at radius 3 is 2.50 bits per heavy atom. The molecule has 0 fully saturated rings. The van der Waals surface area contributed by atoms with Gasteiger partial charge in [-0.15, -0.1) is 0 Å². The Morgan fingerprint density at radius 1 is 1.25 bits per heavy atom. The third-order valence-corrected chi connectivity index (χ3v) is 3.09. The van der Waals surface area contributed by atoms with Crippen molar-refractivity contribution in [3.8, 4) is 5.88 Å². The molecule has 2 aromatic rings. The van der Waals surface area contributed by atoms with Gasteiger partial charge in [0.1, 0.15) is 0 Å². The average Bonchev–Trinajstić information content (AvgIpc) is 2.53. The molecular weight excluding hydrogens is 220 g/mol. The summed E-state index contributed by atoms with van der Waals surface area (Å²) < 4.78 is 4.13. The van der Waals surface area contributed by atoms with Crippen LogP contribution in [0.25, 0.3) is 0 Å². The summed E-state index contributed by atoms with van der Waals surface area (Å²) in [6, 6.07) is 10.2. The Labute approximate surface area is 99.6 Å². The van der Waals surface area contributed by atoms with Gasteiger partial charge in [0.05, 0.1) is 6.20 Å². The Kier molecular flexibility index (Phi) is 3.10. The number of benzene rings is 1. The third-order valence-electron chi connectivity index (χ3n) is 2.59. The van der Waals surface area contributed by atoms with Crippen molar-refractivity contribution >= 4 is 12.2 Å². The topological polar surface area (TPSA) is 30.1 Å². The highest BCUT2D eigenvalue weighted by Crippen LogP contribution is 2.12. The monoisotopic (exact) mass is 234 g/mol. The summed E-state index contributed by atoms with van der Waals surface area (Å²) in [4.78, 5) is 0. The van der Waals surface area contributed by atoms with Crippen LogP contribution < -0.4 is 0 Å². The Morgan fingerprint density at radius 2 is 1.94 bits per heavy atom. The van der Waals surface area contributed by atoms with E-state index in [9.17, 15) is 5.11 Å². The predicted molar refractivity (Wildman–Crippen MR) is 66.0 cm³/mol. The first-order chi connectivity index (χ1) is 7.68. The molecule has 3 nitrogen and oxygen atoms in total. The van der Waals surface area contributed by atoms with Gasteiger partial charge in [-0.2, -0.15) is 0 Å². The van der Waals surface area contributed by atoms with E-state index in [4.69, 9.17) is 12.2 Å². The number of hydrogen-bond donors (Lipinski definition) is 1. The fraction of sp³-hybridized carbons (Fsp3) is 0.250. The Bertz CT molecular complexity index is 528. The zero-order valence-electron chi connectivity index (χ0n) is 9.13. The highest BCUT2D eigenvalue weighted by molar-refractivity contribution is 7.71. The maximum absolute atomic E-state index is 9.67. The van der Waals surface area contributed by atoms with Crippen LogP contribution in [0.4, 0.5) is 0 Å². The van der Waals surface area contributed by atoms with Crippen LogP contribution in [-0.2, 0) is 20.0 Å². The Hall–Kier alpha value is -1.55. The van der Waals surface area contributed by atoms with E-state index in [-0.39, 0.29) is 5.88 Å². The molecule has 16 heavy (non-hydrogen) atoms. The Balaban J connectivity index is 2.14. The second-order valence-electron chi connectivity index (χ2n) is 3.77. The van der Waals surface area contributed by atoms with Crippen molar-refractivity contribution in [3.63, 3.8) is 0 Å². The molecule has 1 aromatic heterocycles. The van der Waals surface area contributed by atoms with E-state index in [1.807, 2.05) is 25.2 Å². The van der Waals surface area contributed by atoms with Crippen LogP contribution in [0.2, 0.25) is 0 Å². The van der Waals surface area contributed by atoms with Gasteiger partial charge in [-0.1, -0.05) is 30.3 Å². The van der Waals surface area contributed by atoms with E-state index in [1.165, 1.54) is 5.56 Å². The molecule has 1 N–H and O–H groups in total. The molecule has 0 saturated heterocycles. The lowest BCUT2D eigenvalue weighted by Crippen LogP contribution is -2.02. The maximum atomic E-state index is 9.67. The zero-order chi connectivity index (χ0) is 11.5. The van der Waals surface area contributed by atoms with Crippen molar-refractivity contribution in [1.82, 2.24) is 9.13 Å². The largest absolute Gasteiger partial charge is 0.493 e. The van der Waals surface area contributed by atoms with Crippen LogP contribution in [0, 0.1) is 4.77 Å². The molecule has 0 amide bonds. The molecule has 0 radical (unpaired) electrons. The van der Waals surface area contributed by atoms with Crippen LogP contribution in [-0.4, -0.2) is 14.2 Å². The van der Waals surface area contributed by atoms with Gasteiger partial charge in [-0.3, -0.25) is 4.57 Å². The SMILES string of the molecule is Cn1cc(O)n(CCc2ccccc2)c1=S. The lowest BCUT2D eigenvalue weighted by molar-refractivity contribution is 0.415. The molecule has 0 aliphatic heterocycles. The summed E-state index contributed by atoms with van der Waals surface area (Å²) in [6.45, 7) is 0.704. The van der Waals surface area contributed by atoms with Gasteiger partial charge < -0.3 is 9.67 Å². The van der Waals surface area contributed by atoms with Gasteiger partial charge in [-0.25, -0.2) is 0 Å². The van der Waals surface area contributed by atoms with Crippen LogP contribution in [0.3, 0.4) is 0 Å². The first-order valence-corrected chi connectivity index (χ1v) is 5.58. The normalized spacial score (nSPS) is 10.6.